The van der Waals surface area contributed by atoms with Gasteiger partial charge < -0.3 is 36.9 Å². The minimum absolute atomic E-state index is 0.0433. The second kappa shape index (κ2) is 12.8. The van der Waals surface area contributed by atoms with Crippen molar-refractivity contribution >= 4 is 54.9 Å². The molecule has 0 fully saturated rings. The normalized spacial score (nSPS) is 14.5. The van der Waals surface area contributed by atoms with Gasteiger partial charge >= 0.3 is 11.9 Å². The van der Waals surface area contributed by atoms with Crippen molar-refractivity contribution in [1.82, 2.24) is 25.9 Å². The number of rotatable bonds is 13. The van der Waals surface area contributed by atoms with Gasteiger partial charge in [-0.15, -0.1) is 0 Å². The molecule has 0 aliphatic heterocycles. The number of aromatic amines is 1. The summed E-state index contributed by atoms with van der Waals surface area (Å²) < 4.78 is 0. The highest BCUT2D eigenvalue weighted by molar-refractivity contribution is 7.80. The largest absolute Gasteiger partial charge is 0.481 e. The lowest BCUT2D eigenvalue weighted by atomic mass is 10.1. The summed E-state index contributed by atoms with van der Waals surface area (Å²) in [5.41, 5.74) is 5.97. The second-order valence-corrected chi connectivity index (χ2v) is 7.10. The van der Waals surface area contributed by atoms with Crippen LogP contribution in [0.15, 0.2) is 12.5 Å². The van der Waals surface area contributed by atoms with Crippen LogP contribution in [0.2, 0.25) is 0 Å². The zero-order valence-electron chi connectivity index (χ0n) is 16.1. The molecule has 1 heterocycles. The topological polar surface area (TPSA) is 217 Å². The molecule has 0 aromatic carbocycles. The zero-order valence-corrected chi connectivity index (χ0v) is 17.9. The van der Waals surface area contributed by atoms with Crippen LogP contribution in [0.1, 0.15) is 12.1 Å². The van der Waals surface area contributed by atoms with E-state index >= 15 is 0 Å². The smallest absolute Gasteiger partial charge is 0.327 e. The molecule has 3 amide bonds. The zero-order chi connectivity index (χ0) is 23.6. The van der Waals surface area contributed by atoms with Gasteiger partial charge in [-0.1, -0.05) is 0 Å². The molecule has 172 valence electrons. The van der Waals surface area contributed by atoms with Crippen LogP contribution >= 0.6 is 25.3 Å². The molecule has 0 spiro atoms. The van der Waals surface area contributed by atoms with E-state index in [1.807, 2.05) is 0 Å². The number of hydrogen-bond donors (Lipinski definition) is 9. The van der Waals surface area contributed by atoms with Crippen molar-refractivity contribution in [3.63, 3.8) is 0 Å². The molecule has 15 heteroatoms. The second-order valence-electron chi connectivity index (χ2n) is 6.37. The maximum atomic E-state index is 12.7. The molecule has 0 saturated carbocycles. The molecule has 4 atom stereocenters. The molecule has 31 heavy (non-hydrogen) atoms. The summed E-state index contributed by atoms with van der Waals surface area (Å²) in [4.78, 5) is 66.1. The van der Waals surface area contributed by atoms with Crippen LogP contribution in [0.4, 0.5) is 0 Å². The van der Waals surface area contributed by atoms with Gasteiger partial charge in [0.05, 0.1) is 18.8 Å². The molecular formula is C16H24N6O7S2. The molecule has 0 radical (unpaired) electrons. The quantitative estimate of drug-likeness (QED) is 0.134. The molecule has 0 aliphatic rings. The van der Waals surface area contributed by atoms with Gasteiger partial charge in [-0.25, -0.2) is 9.78 Å². The van der Waals surface area contributed by atoms with E-state index in [2.05, 4.69) is 51.2 Å². The van der Waals surface area contributed by atoms with E-state index in [1.54, 1.807) is 0 Å². The van der Waals surface area contributed by atoms with Crippen LogP contribution < -0.4 is 21.7 Å². The first-order chi connectivity index (χ1) is 14.6. The van der Waals surface area contributed by atoms with Crippen LogP contribution in [0.3, 0.4) is 0 Å². The van der Waals surface area contributed by atoms with Gasteiger partial charge in [-0.2, -0.15) is 25.3 Å². The molecule has 1 aromatic rings. The number of nitrogens with two attached hydrogens (primary N) is 1. The van der Waals surface area contributed by atoms with Crippen LogP contribution in [-0.4, -0.2) is 85.5 Å². The van der Waals surface area contributed by atoms with Crippen molar-refractivity contribution in [2.75, 3.05) is 11.5 Å². The molecule has 1 aromatic heterocycles. The van der Waals surface area contributed by atoms with Gasteiger partial charge in [0.1, 0.15) is 18.1 Å². The third-order valence-corrected chi connectivity index (χ3v) is 4.71. The van der Waals surface area contributed by atoms with Crippen molar-refractivity contribution in [3.8, 4) is 0 Å². The number of hydrogen-bond acceptors (Lipinski definition) is 9. The Morgan fingerprint density at radius 3 is 2.03 bits per heavy atom. The van der Waals surface area contributed by atoms with Gasteiger partial charge in [0.25, 0.3) is 0 Å². The minimum atomic E-state index is -1.53. The van der Waals surface area contributed by atoms with Crippen LogP contribution in [-0.2, 0) is 30.4 Å². The number of carboxylic acids is 2. The Morgan fingerprint density at radius 2 is 1.55 bits per heavy atom. The first kappa shape index (κ1) is 26.3. The molecule has 0 bridgehead atoms. The fraction of sp³-hybridized carbons (Fsp3) is 0.500. The van der Waals surface area contributed by atoms with E-state index in [0.29, 0.717) is 5.69 Å². The SMILES string of the molecule is NC(CS)C(=O)NC(CC(=O)O)C(=O)NC(Cc1cnc[nH]1)C(=O)NC(CS)C(=O)O. The number of H-pyrrole nitrogens is 1. The van der Waals surface area contributed by atoms with Crippen molar-refractivity contribution in [1.29, 1.82) is 0 Å². The Kier molecular flexibility index (Phi) is 10.8. The predicted molar refractivity (Wildman–Crippen MR) is 114 cm³/mol. The van der Waals surface area contributed by atoms with Gasteiger partial charge in [-0.3, -0.25) is 19.2 Å². The number of aromatic nitrogens is 2. The van der Waals surface area contributed by atoms with Crippen molar-refractivity contribution in [3.05, 3.63) is 18.2 Å². The molecule has 0 aliphatic carbocycles. The van der Waals surface area contributed by atoms with E-state index in [0.717, 1.165) is 0 Å². The van der Waals surface area contributed by atoms with E-state index in [-0.39, 0.29) is 17.9 Å². The Hall–Kier alpha value is -2.78. The number of carbonyl (C=O) groups is 5. The number of carboxylic acid groups (broad SMARTS) is 2. The van der Waals surface area contributed by atoms with Crippen molar-refractivity contribution in [2.45, 2.75) is 37.0 Å². The summed E-state index contributed by atoms with van der Waals surface area (Å²) in [7, 11) is 0. The monoisotopic (exact) mass is 476 g/mol. The number of nitrogens with one attached hydrogen (secondary N) is 4. The van der Waals surface area contributed by atoms with Crippen LogP contribution in [0.25, 0.3) is 0 Å². The number of aliphatic carboxylic acids is 2. The Balaban J connectivity index is 3.03. The van der Waals surface area contributed by atoms with E-state index < -0.39 is 60.2 Å². The van der Waals surface area contributed by atoms with Crippen molar-refractivity contribution in [2.24, 2.45) is 5.73 Å². The molecule has 13 nitrogen and oxygen atoms in total. The molecule has 4 unspecified atom stereocenters. The average Bonchev–Trinajstić information content (AvgIpc) is 3.22. The highest BCUT2D eigenvalue weighted by Crippen LogP contribution is 2.03. The highest BCUT2D eigenvalue weighted by atomic mass is 32.1. The van der Waals surface area contributed by atoms with Crippen LogP contribution in [0.5, 0.6) is 0 Å². The lowest BCUT2D eigenvalue weighted by Gasteiger charge is -2.24. The highest BCUT2D eigenvalue weighted by Gasteiger charge is 2.31. The summed E-state index contributed by atoms with van der Waals surface area (Å²) in [6, 6.07) is -5.24. The van der Waals surface area contributed by atoms with Crippen LogP contribution in [0, 0.1) is 0 Å². The number of thiol groups is 2. The summed E-state index contributed by atoms with van der Waals surface area (Å²) in [5, 5.41) is 24.9. The lowest BCUT2D eigenvalue weighted by Crippen LogP contribution is -2.58. The Labute approximate surface area is 187 Å². The fourth-order valence-corrected chi connectivity index (χ4v) is 2.71. The number of nitrogens with zero attached hydrogens (tertiary/aromatic N) is 1. The summed E-state index contributed by atoms with van der Waals surface area (Å²) >= 11 is 7.73. The first-order valence-electron chi connectivity index (χ1n) is 8.89. The standard InChI is InChI=1S/C16H24N6O7S2/c17-8(4-30)13(25)20-10(2-12(23)24)15(27)21-9(1-7-3-18-6-19-7)14(26)22-11(5-31)16(28)29/h3,6,8-11,30-31H,1-2,4-5,17H2,(H,18,19)(H,20,25)(H,21,27)(H,22,26)(H,23,24)(H,28,29). The van der Waals surface area contributed by atoms with E-state index in [1.165, 1.54) is 12.5 Å². The van der Waals surface area contributed by atoms with Gasteiger partial charge in [0.2, 0.25) is 17.7 Å². The third kappa shape index (κ3) is 8.85. The summed E-state index contributed by atoms with van der Waals surface area (Å²) in [6.45, 7) is 0. The maximum Gasteiger partial charge on any atom is 0.327 e. The van der Waals surface area contributed by atoms with Gasteiger partial charge in [0.15, 0.2) is 0 Å². The third-order valence-electron chi connectivity index (χ3n) is 3.95. The molecule has 8 N–H and O–H groups in total. The first-order valence-corrected chi connectivity index (χ1v) is 10.2. The number of carbonyl (C=O) groups excluding carboxylic acids is 3. The summed E-state index contributed by atoms with van der Waals surface area (Å²) in [6.07, 6.45) is 1.85. The molecular weight excluding hydrogens is 452 g/mol. The molecule has 1 rings (SSSR count). The fourth-order valence-electron chi connectivity index (χ4n) is 2.30. The number of imidazole rings is 1. The Bertz CT molecular complexity index is 791. The van der Waals surface area contributed by atoms with Gasteiger partial charge in [-0.05, 0) is 0 Å². The Morgan fingerprint density at radius 1 is 0.968 bits per heavy atom. The van der Waals surface area contributed by atoms with Gasteiger partial charge in [0, 0.05) is 29.8 Å². The maximum absolute atomic E-state index is 12.7. The average molecular weight is 477 g/mol. The predicted octanol–water partition coefficient (Wildman–Crippen LogP) is -2.85. The van der Waals surface area contributed by atoms with Crippen molar-refractivity contribution < 1.29 is 34.2 Å². The lowest BCUT2D eigenvalue weighted by molar-refractivity contribution is -0.142. The minimum Gasteiger partial charge on any atom is -0.481 e. The summed E-state index contributed by atoms with van der Waals surface area (Å²) in [5.74, 6) is -5.57. The molecule has 0 saturated heterocycles. The van der Waals surface area contributed by atoms with E-state index in [9.17, 15) is 24.0 Å². The van der Waals surface area contributed by atoms with E-state index in [4.69, 9.17) is 15.9 Å². The number of amides is 3.